The minimum Gasteiger partial charge on any atom is -0.287 e. The highest BCUT2D eigenvalue weighted by atomic mass is 32.1. The average Bonchev–Trinajstić information content (AvgIpc) is 2.26. The standard InChI is InChI=1S/C14H28OS/c1-3-5-7-8-9-10-12-13(14(15)16)11-6-4-2/h13H,3-12H2,1-2H3,(H,15,16). The van der Waals surface area contributed by atoms with Crippen LogP contribution in [-0.4, -0.2) is 5.12 Å². The Labute approximate surface area is 107 Å². The van der Waals surface area contributed by atoms with E-state index in [1.807, 2.05) is 0 Å². The van der Waals surface area contributed by atoms with Crippen LogP contribution < -0.4 is 0 Å². The van der Waals surface area contributed by atoms with Gasteiger partial charge in [-0.1, -0.05) is 65.2 Å². The molecule has 96 valence electrons. The van der Waals surface area contributed by atoms with Crippen LogP contribution in [0.4, 0.5) is 0 Å². The second-order valence-electron chi connectivity index (χ2n) is 4.73. The number of rotatable bonds is 11. The summed E-state index contributed by atoms with van der Waals surface area (Å²) in [6.45, 7) is 4.41. The molecule has 0 aliphatic rings. The Bertz CT molecular complexity index is 168. The number of carbonyl (C=O) groups excluding carboxylic acids is 1. The monoisotopic (exact) mass is 244 g/mol. The van der Waals surface area contributed by atoms with Gasteiger partial charge in [0.1, 0.15) is 0 Å². The van der Waals surface area contributed by atoms with Crippen LogP contribution in [0.25, 0.3) is 0 Å². The average molecular weight is 244 g/mol. The van der Waals surface area contributed by atoms with Gasteiger partial charge in [-0.15, -0.1) is 12.6 Å². The lowest BCUT2D eigenvalue weighted by Crippen LogP contribution is -2.08. The molecule has 0 aromatic rings. The van der Waals surface area contributed by atoms with Gasteiger partial charge in [0.25, 0.3) is 0 Å². The van der Waals surface area contributed by atoms with Gasteiger partial charge in [-0.2, -0.15) is 0 Å². The second-order valence-corrected chi connectivity index (χ2v) is 5.17. The van der Waals surface area contributed by atoms with Crippen molar-refractivity contribution in [2.24, 2.45) is 5.92 Å². The second kappa shape index (κ2) is 11.5. The van der Waals surface area contributed by atoms with Crippen LogP contribution in [0.5, 0.6) is 0 Å². The maximum Gasteiger partial charge on any atom is 0.188 e. The molecule has 0 saturated carbocycles. The number of hydrogen-bond donors (Lipinski definition) is 1. The molecule has 16 heavy (non-hydrogen) atoms. The molecule has 0 heterocycles. The third-order valence-electron chi connectivity index (χ3n) is 3.16. The van der Waals surface area contributed by atoms with Gasteiger partial charge in [-0.3, -0.25) is 4.79 Å². The third kappa shape index (κ3) is 9.26. The number of hydrogen-bond acceptors (Lipinski definition) is 1. The first-order valence-electron chi connectivity index (χ1n) is 6.95. The predicted octanol–water partition coefficient (Wildman–Crippen LogP) is 5.00. The minimum absolute atomic E-state index is 0.0991. The maximum atomic E-state index is 11.3. The lowest BCUT2D eigenvalue weighted by molar-refractivity contribution is -0.114. The molecule has 2 heteroatoms. The quantitative estimate of drug-likeness (QED) is 0.400. The van der Waals surface area contributed by atoms with Gasteiger partial charge in [0.05, 0.1) is 0 Å². The molecule has 0 bridgehead atoms. The van der Waals surface area contributed by atoms with Gasteiger partial charge in [0.15, 0.2) is 5.12 Å². The SMILES string of the molecule is CCCCCCCCC(CCCC)C(=O)S. The van der Waals surface area contributed by atoms with Crippen LogP contribution in [0.3, 0.4) is 0 Å². The first-order valence-corrected chi connectivity index (χ1v) is 7.39. The highest BCUT2D eigenvalue weighted by molar-refractivity contribution is 7.96. The first-order chi connectivity index (χ1) is 7.72. The van der Waals surface area contributed by atoms with Crippen molar-refractivity contribution in [2.45, 2.75) is 78.1 Å². The molecule has 0 aromatic carbocycles. The zero-order chi connectivity index (χ0) is 12.2. The van der Waals surface area contributed by atoms with Crippen molar-refractivity contribution < 1.29 is 4.79 Å². The highest BCUT2D eigenvalue weighted by Crippen LogP contribution is 2.19. The summed E-state index contributed by atoms with van der Waals surface area (Å²) < 4.78 is 0. The molecule has 0 radical (unpaired) electrons. The molecule has 0 aromatic heterocycles. The fourth-order valence-electron chi connectivity index (χ4n) is 2.01. The van der Waals surface area contributed by atoms with E-state index in [1.165, 1.54) is 44.9 Å². The molecule has 0 amide bonds. The fourth-order valence-corrected chi connectivity index (χ4v) is 2.27. The summed E-state index contributed by atoms with van der Waals surface area (Å²) in [4.78, 5) is 11.3. The Morgan fingerprint density at radius 3 is 1.94 bits per heavy atom. The zero-order valence-electron chi connectivity index (χ0n) is 11.0. The van der Waals surface area contributed by atoms with Crippen LogP contribution in [0.15, 0.2) is 0 Å². The van der Waals surface area contributed by atoms with E-state index < -0.39 is 0 Å². The Balaban J connectivity index is 3.48. The Kier molecular flexibility index (Phi) is 11.5. The van der Waals surface area contributed by atoms with E-state index in [9.17, 15) is 4.79 Å². The van der Waals surface area contributed by atoms with Crippen molar-refractivity contribution in [3.8, 4) is 0 Å². The molecular weight excluding hydrogens is 216 g/mol. The fraction of sp³-hybridized carbons (Fsp3) is 0.929. The Morgan fingerprint density at radius 2 is 1.38 bits per heavy atom. The predicted molar refractivity (Wildman–Crippen MR) is 75.0 cm³/mol. The summed E-state index contributed by atoms with van der Waals surface area (Å²) >= 11 is 3.99. The van der Waals surface area contributed by atoms with Gasteiger partial charge in [0.2, 0.25) is 0 Å². The van der Waals surface area contributed by atoms with Crippen LogP contribution >= 0.6 is 12.6 Å². The summed E-state index contributed by atoms with van der Waals surface area (Å²) in [5, 5.41) is 0.0991. The lowest BCUT2D eigenvalue weighted by Gasteiger charge is -2.12. The van der Waals surface area contributed by atoms with Gasteiger partial charge in [0, 0.05) is 5.92 Å². The van der Waals surface area contributed by atoms with Crippen LogP contribution in [0.2, 0.25) is 0 Å². The summed E-state index contributed by atoms with van der Waals surface area (Å²) in [6.07, 6.45) is 12.2. The van der Waals surface area contributed by atoms with E-state index in [0.717, 1.165) is 19.3 Å². The topological polar surface area (TPSA) is 17.1 Å². The molecule has 0 N–H and O–H groups in total. The summed E-state index contributed by atoms with van der Waals surface area (Å²) in [5.41, 5.74) is 0. The third-order valence-corrected chi connectivity index (χ3v) is 3.53. The van der Waals surface area contributed by atoms with E-state index in [2.05, 4.69) is 26.5 Å². The summed E-state index contributed by atoms with van der Waals surface area (Å²) in [7, 11) is 0. The van der Waals surface area contributed by atoms with Gasteiger partial charge < -0.3 is 0 Å². The summed E-state index contributed by atoms with van der Waals surface area (Å²) in [6, 6.07) is 0. The van der Waals surface area contributed by atoms with Crippen molar-refractivity contribution in [1.29, 1.82) is 0 Å². The largest absolute Gasteiger partial charge is 0.287 e. The smallest absolute Gasteiger partial charge is 0.188 e. The zero-order valence-corrected chi connectivity index (χ0v) is 11.9. The molecule has 0 fully saturated rings. The molecule has 1 atom stereocenters. The van der Waals surface area contributed by atoms with Crippen LogP contribution in [0, 0.1) is 5.92 Å². The van der Waals surface area contributed by atoms with Crippen molar-refractivity contribution >= 4 is 17.7 Å². The van der Waals surface area contributed by atoms with E-state index >= 15 is 0 Å². The van der Waals surface area contributed by atoms with Crippen molar-refractivity contribution in [2.75, 3.05) is 0 Å². The van der Waals surface area contributed by atoms with E-state index in [-0.39, 0.29) is 11.0 Å². The number of unbranched alkanes of at least 4 members (excludes halogenated alkanes) is 6. The van der Waals surface area contributed by atoms with Crippen molar-refractivity contribution in [1.82, 2.24) is 0 Å². The molecule has 0 aliphatic carbocycles. The van der Waals surface area contributed by atoms with Gasteiger partial charge in [-0.05, 0) is 12.8 Å². The molecular formula is C14H28OS. The molecule has 0 spiro atoms. The Hall–Kier alpha value is 0.0200. The Morgan fingerprint density at radius 1 is 0.875 bits per heavy atom. The van der Waals surface area contributed by atoms with E-state index in [0.29, 0.717) is 0 Å². The molecule has 0 aliphatic heterocycles. The van der Waals surface area contributed by atoms with E-state index in [4.69, 9.17) is 0 Å². The minimum atomic E-state index is 0.0991. The maximum absolute atomic E-state index is 11.3. The molecule has 1 nitrogen and oxygen atoms in total. The number of thiol groups is 1. The van der Waals surface area contributed by atoms with Crippen LogP contribution in [0.1, 0.15) is 78.1 Å². The summed E-state index contributed by atoms with van der Waals surface area (Å²) in [5.74, 6) is 0.217. The van der Waals surface area contributed by atoms with Gasteiger partial charge >= 0.3 is 0 Å². The molecule has 1 unspecified atom stereocenters. The highest BCUT2D eigenvalue weighted by Gasteiger charge is 2.13. The number of carbonyl (C=O) groups is 1. The van der Waals surface area contributed by atoms with Gasteiger partial charge in [-0.25, -0.2) is 0 Å². The molecule has 0 saturated heterocycles. The lowest BCUT2D eigenvalue weighted by atomic mass is 9.96. The molecule has 0 rings (SSSR count). The van der Waals surface area contributed by atoms with Crippen molar-refractivity contribution in [3.63, 3.8) is 0 Å². The van der Waals surface area contributed by atoms with Crippen LogP contribution in [-0.2, 0) is 4.79 Å². The normalized spacial score (nSPS) is 12.7. The van der Waals surface area contributed by atoms with Crippen molar-refractivity contribution in [3.05, 3.63) is 0 Å². The first kappa shape index (κ1) is 16.0. The van der Waals surface area contributed by atoms with E-state index in [1.54, 1.807) is 0 Å².